The van der Waals surface area contributed by atoms with E-state index >= 15 is 0 Å². The number of carboxylic acid groups (broad SMARTS) is 1. The maximum atomic E-state index is 11.7. The number of carbonyl (C=O) groups is 2. The quantitative estimate of drug-likeness (QED) is 0.555. The van der Waals surface area contributed by atoms with Gasteiger partial charge in [0.05, 0.1) is 6.54 Å². The molecule has 0 spiro atoms. The van der Waals surface area contributed by atoms with Crippen molar-refractivity contribution in [3.05, 3.63) is 0 Å². The lowest BCUT2D eigenvalue weighted by Gasteiger charge is -2.15. The van der Waals surface area contributed by atoms with Gasteiger partial charge in [0, 0.05) is 19.1 Å². The Morgan fingerprint density at radius 2 is 1.94 bits per heavy atom. The predicted molar refractivity (Wildman–Crippen MR) is 68.1 cm³/mol. The second kappa shape index (κ2) is 8.88. The van der Waals surface area contributed by atoms with Crippen LogP contribution in [-0.2, 0) is 14.3 Å². The second-order valence-electron chi connectivity index (χ2n) is 4.62. The minimum Gasteiger partial charge on any atom is -0.479 e. The highest BCUT2D eigenvalue weighted by Crippen LogP contribution is 2.09. The molecule has 0 aliphatic carbocycles. The Bertz CT molecular complexity index is 269. The number of carbonyl (C=O) groups excluding carboxylic acids is 1. The maximum Gasteiger partial charge on any atom is 0.334 e. The van der Waals surface area contributed by atoms with E-state index in [-0.39, 0.29) is 24.4 Å². The Morgan fingerprint density at radius 3 is 2.39 bits per heavy atom. The molecule has 0 aromatic carbocycles. The van der Waals surface area contributed by atoms with Crippen LogP contribution < -0.4 is 11.1 Å². The van der Waals surface area contributed by atoms with Gasteiger partial charge in [-0.3, -0.25) is 4.79 Å². The smallest absolute Gasteiger partial charge is 0.334 e. The number of amides is 1. The van der Waals surface area contributed by atoms with E-state index in [2.05, 4.69) is 5.32 Å². The van der Waals surface area contributed by atoms with E-state index in [1.807, 2.05) is 13.8 Å². The van der Waals surface area contributed by atoms with Crippen molar-refractivity contribution in [2.24, 2.45) is 11.7 Å². The fourth-order valence-corrected chi connectivity index (χ4v) is 1.52. The van der Waals surface area contributed by atoms with E-state index in [0.717, 1.165) is 19.3 Å². The van der Waals surface area contributed by atoms with E-state index < -0.39 is 12.1 Å². The van der Waals surface area contributed by atoms with Crippen LogP contribution in [0.2, 0.25) is 0 Å². The molecular formula is C12H24N2O4. The molecule has 4 N–H and O–H groups in total. The molecule has 106 valence electrons. The number of nitrogens with one attached hydrogen (secondary N) is 1. The summed E-state index contributed by atoms with van der Waals surface area (Å²) in [5.74, 6) is -1.37. The molecule has 0 radical (unpaired) electrons. The number of carboxylic acids is 1. The molecule has 0 saturated carbocycles. The largest absolute Gasteiger partial charge is 0.479 e. The van der Waals surface area contributed by atoms with E-state index in [0.29, 0.717) is 0 Å². The number of hydrogen-bond donors (Lipinski definition) is 3. The van der Waals surface area contributed by atoms with Crippen molar-refractivity contribution in [2.45, 2.75) is 45.3 Å². The Morgan fingerprint density at radius 1 is 1.33 bits per heavy atom. The molecule has 3 atom stereocenters. The first kappa shape index (κ1) is 16.9. The van der Waals surface area contributed by atoms with Gasteiger partial charge in [0.25, 0.3) is 0 Å². The molecule has 0 aromatic rings. The zero-order valence-corrected chi connectivity index (χ0v) is 11.3. The van der Waals surface area contributed by atoms with Gasteiger partial charge in [0.2, 0.25) is 5.91 Å². The van der Waals surface area contributed by atoms with Crippen LogP contribution in [0.3, 0.4) is 0 Å². The molecule has 3 unspecified atom stereocenters. The first-order chi connectivity index (χ1) is 8.38. The number of rotatable bonds is 9. The topological polar surface area (TPSA) is 102 Å². The lowest BCUT2D eigenvalue weighted by Crippen LogP contribution is -2.40. The summed E-state index contributed by atoms with van der Waals surface area (Å²) in [6.45, 7) is 3.74. The van der Waals surface area contributed by atoms with E-state index in [1.54, 1.807) is 0 Å². The van der Waals surface area contributed by atoms with Crippen molar-refractivity contribution in [1.82, 2.24) is 5.32 Å². The Kier molecular flexibility index (Phi) is 8.32. The van der Waals surface area contributed by atoms with Crippen molar-refractivity contribution in [1.29, 1.82) is 0 Å². The number of nitrogens with two attached hydrogens (primary N) is 1. The van der Waals surface area contributed by atoms with Gasteiger partial charge in [-0.1, -0.05) is 13.3 Å². The van der Waals surface area contributed by atoms with Crippen LogP contribution in [-0.4, -0.2) is 42.8 Å². The summed E-state index contributed by atoms with van der Waals surface area (Å²) in [5.41, 5.74) is 5.62. The third kappa shape index (κ3) is 7.24. The summed E-state index contributed by atoms with van der Waals surface area (Å²) < 4.78 is 4.72. The number of hydrogen-bond acceptors (Lipinski definition) is 4. The van der Waals surface area contributed by atoms with Crippen LogP contribution in [0.1, 0.15) is 33.1 Å². The van der Waals surface area contributed by atoms with Crippen LogP contribution in [0.15, 0.2) is 0 Å². The van der Waals surface area contributed by atoms with Gasteiger partial charge in [-0.05, 0) is 19.8 Å². The first-order valence-electron chi connectivity index (χ1n) is 6.17. The Labute approximate surface area is 108 Å². The lowest BCUT2D eigenvalue weighted by molar-refractivity contribution is -0.148. The van der Waals surface area contributed by atoms with E-state index in [4.69, 9.17) is 15.6 Å². The summed E-state index contributed by atoms with van der Waals surface area (Å²) in [4.78, 5) is 22.3. The highest BCUT2D eigenvalue weighted by Gasteiger charge is 2.19. The van der Waals surface area contributed by atoms with Crippen LogP contribution >= 0.6 is 0 Å². The molecule has 0 heterocycles. The van der Waals surface area contributed by atoms with Crippen LogP contribution in [0.25, 0.3) is 0 Å². The van der Waals surface area contributed by atoms with Gasteiger partial charge < -0.3 is 20.9 Å². The van der Waals surface area contributed by atoms with Gasteiger partial charge in [0.1, 0.15) is 0 Å². The Hall–Kier alpha value is -1.14. The summed E-state index contributed by atoms with van der Waals surface area (Å²) in [7, 11) is 1.30. The van der Waals surface area contributed by atoms with Crippen LogP contribution in [0.4, 0.5) is 0 Å². The summed E-state index contributed by atoms with van der Waals surface area (Å²) in [6.07, 6.45) is 1.52. The molecule has 18 heavy (non-hydrogen) atoms. The van der Waals surface area contributed by atoms with E-state index in [1.165, 1.54) is 7.11 Å². The normalized spacial score (nSPS) is 15.8. The van der Waals surface area contributed by atoms with Gasteiger partial charge in [0.15, 0.2) is 6.10 Å². The van der Waals surface area contributed by atoms with Crippen LogP contribution in [0.5, 0.6) is 0 Å². The van der Waals surface area contributed by atoms with Crippen molar-refractivity contribution >= 4 is 11.9 Å². The average Bonchev–Trinajstić information content (AvgIpc) is 2.28. The van der Waals surface area contributed by atoms with Crippen molar-refractivity contribution in [3.63, 3.8) is 0 Å². The zero-order valence-electron chi connectivity index (χ0n) is 11.3. The SMILES string of the molecule is COC(CNC(=O)C(C)CCCC(C)N)C(=O)O. The van der Waals surface area contributed by atoms with Gasteiger partial charge in [-0.15, -0.1) is 0 Å². The van der Waals surface area contributed by atoms with Crippen molar-refractivity contribution in [3.8, 4) is 0 Å². The first-order valence-corrected chi connectivity index (χ1v) is 6.17. The fourth-order valence-electron chi connectivity index (χ4n) is 1.52. The minimum absolute atomic E-state index is 0.0116. The molecule has 0 fully saturated rings. The molecule has 0 aliphatic rings. The summed E-state index contributed by atoms with van der Waals surface area (Å²) >= 11 is 0. The van der Waals surface area contributed by atoms with Crippen molar-refractivity contribution in [2.75, 3.05) is 13.7 Å². The average molecular weight is 260 g/mol. The van der Waals surface area contributed by atoms with Crippen molar-refractivity contribution < 1.29 is 19.4 Å². The Balaban J connectivity index is 3.90. The second-order valence-corrected chi connectivity index (χ2v) is 4.62. The highest BCUT2D eigenvalue weighted by molar-refractivity contribution is 5.79. The lowest BCUT2D eigenvalue weighted by atomic mass is 10.0. The third-order valence-electron chi connectivity index (χ3n) is 2.77. The third-order valence-corrected chi connectivity index (χ3v) is 2.77. The zero-order chi connectivity index (χ0) is 14.1. The molecule has 6 heteroatoms. The molecule has 0 saturated heterocycles. The predicted octanol–water partition coefficient (Wildman–Crippen LogP) is 0.356. The molecule has 1 amide bonds. The van der Waals surface area contributed by atoms with Gasteiger partial charge in [-0.2, -0.15) is 0 Å². The minimum atomic E-state index is -1.08. The monoisotopic (exact) mass is 260 g/mol. The fraction of sp³-hybridized carbons (Fsp3) is 0.833. The summed E-state index contributed by atoms with van der Waals surface area (Å²) in [5, 5.41) is 11.3. The molecule has 0 aromatic heterocycles. The standard InChI is InChI=1S/C12H24N2O4/c1-8(5-4-6-9(2)13)11(15)14-7-10(18-3)12(16)17/h8-10H,4-7,13H2,1-3H3,(H,14,15)(H,16,17). The van der Waals surface area contributed by atoms with E-state index in [9.17, 15) is 9.59 Å². The van der Waals surface area contributed by atoms with Crippen LogP contribution in [0, 0.1) is 5.92 Å². The molecule has 0 aliphatic heterocycles. The number of methoxy groups -OCH3 is 1. The molecule has 0 bridgehead atoms. The van der Waals surface area contributed by atoms with Gasteiger partial charge >= 0.3 is 5.97 Å². The molecular weight excluding hydrogens is 236 g/mol. The molecule has 0 rings (SSSR count). The maximum absolute atomic E-state index is 11.7. The highest BCUT2D eigenvalue weighted by atomic mass is 16.5. The summed E-state index contributed by atoms with van der Waals surface area (Å²) in [6, 6.07) is 0.144. The number of aliphatic carboxylic acids is 1. The number of ether oxygens (including phenoxy) is 1. The van der Waals surface area contributed by atoms with Gasteiger partial charge in [-0.25, -0.2) is 4.79 Å². The molecule has 6 nitrogen and oxygen atoms in total.